The molecule has 0 aromatic carbocycles. The maximum absolute atomic E-state index is 12.8. The first-order valence-electron chi connectivity index (χ1n) is 4.86. The largest absolute Gasteiger partial charge is 0.330 e. The molecule has 1 aliphatic carbocycles. The molecule has 0 radical (unpaired) electrons. The summed E-state index contributed by atoms with van der Waals surface area (Å²) in [6, 6.07) is 0. The van der Waals surface area contributed by atoms with E-state index in [0.717, 1.165) is 6.42 Å². The van der Waals surface area contributed by atoms with Crippen LogP contribution in [0.5, 0.6) is 0 Å². The first-order chi connectivity index (χ1) is 5.79. The van der Waals surface area contributed by atoms with Crippen molar-refractivity contribution in [1.82, 2.24) is 0 Å². The first kappa shape index (κ1) is 10.9. The third-order valence-electron chi connectivity index (χ3n) is 3.90. The van der Waals surface area contributed by atoms with Crippen LogP contribution in [0.2, 0.25) is 0 Å². The lowest BCUT2D eigenvalue weighted by molar-refractivity contribution is -0.200. The van der Waals surface area contributed by atoms with E-state index in [2.05, 4.69) is 0 Å². The van der Waals surface area contributed by atoms with Gasteiger partial charge in [-0.25, -0.2) is 8.78 Å². The Morgan fingerprint density at radius 3 is 2.00 bits per heavy atom. The Bertz CT molecular complexity index is 191. The third kappa shape index (κ3) is 1.58. The van der Waals surface area contributed by atoms with Gasteiger partial charge in [-0.2, -0.15) is 0 Å². The zero-order chi connectivity index (χ0) is 10.3. The normalized spacial score (nSPS) is 25.4. The Balaban J connectivity index is 2.76. The van der Waals surface area contributed by atoms with Crippen molar-refractivity contribution in [1.29, 1.82) is 0 Å². The van der Waals surface area contributed by atoms with Crippen molar-refractivity contribution < 1.29 is 8.78 Å². The molecule has 1 fully saturated rings. The quantitative estimate of drug-likeness (QED) is 0.729. The van der Waals surface area contributed by atoms with Crippen LogP contribution in [-0.4, -0.2) is 12.5 Å². The van der Waals surface area contributed by atoms with E-state index in [1.54, 1.807) is 0 Å². The Morgan fingerprint density at radius 2 is 1.77 bits per heavy atom. The maximum Gasteiger partial charge on any atom is 0.249 e. The van der Waals surface area contributed by atoms with Gasteiger partial charge >= 0.3 is 0 Å². The van der Waals surface area contributed by atoms with Gasteiger partial charge in [0, 0.05) is 12.8 Å². The van der Waals surface area contributed by atoms with Crippen LogP contribution in [0, 0.1) is 10.8 Å². The number of alkyl halides is 2. The van der Waals surface area contributed by atoms with Gasteiger partial charge in [0.2, 0.25) is 5.92 Å². The van der Waals surface area contributed by atoms with Crippen LogP contribution in [0.25, 0.3) is 0 Å². The molecule has 0 aromatic rings. The SMILES string of the molecule is CCC(C)(C)C1(CN)CC(F)(F)C1. The van der Waals surface area contributed by atoms with Gasteiger partial charge in [-0.05, 0) is 17.4 Å². The van der Waals surface area contributed by atoms with Crippen molar-refractivity contribution in [3.05, 3.63) is 0 Å². The van der Waals surface area contributed by atoms with Crippen molar-refractivity contribution in [2.75, 3.05) is 6.54 Å². The lowest BCUT2D eigenvalue weighted by Crippen LogP contribution is -2.57. The number of nitrogens with two attached hydrogens (primary N) is 1. The second-order valence-electron chi connectivity index (χ2n) is 4.93. The molecule has 0 heterocycles. The third-order valence-corrected chi connectivity index (χ3v) is 3.90. The van der Waals surface area contributed by atoms with E-state index in [-0.39, 0.29) is 23.7 Å². The van der Waals surface area contributed by atoms with Crippen LogP contribution in [-0.2, 0) is 0 Å². The van der Waals surface area contributed by atoms with Crippen LogP contribution in [0.4, 0.5) is 8.78 Å². The van der Waals surface area contributed by atoms with Gasteiger partial charge in [-0.15, -0.1) is 0 Å². The van der Waals surface area contributed by atoms with Crippen molar-refractivity contribution in [2.45, 2.75) is 46.0 Å². The Hall–Kier alpha value is -0.180. The van der Waals surface area contributed by atoms with Gasteiger partial charge in [0.15, 0.2) is 0 Å². The summed E-state index contributed by atoms with van der Waals surface area (Å²) in [4.78, 5) is 0. The van der Waals surface area contributed by atoms with Gasteiger partial charge in [-0.1, -0.05) is 27.2 Å². The molecule has 1 nitrogen and oxygen atoms in total. The molecule has 0 aliphatic heterocycles. The van der Waals surface area contributed by atoms with Gasteiger partial charge in [0.1, 0.15) is 0 Å². The molecule has 1 aliphatic rings. The fourth-order valence-electron chi connectivity index (χ4n) is 2.21. The molecule has 0 bridgehead atoms. The molecule has 2 N–H and O–H groups in total. The van der Waals surface area contributed by atoms with Crippen LogP contribution < -0.4 is 5.73 Å². The van der Waals surface area contributed by atoms with Crippen LogP contribution in [0.3, 0.4) is 0 Å². The number of rotatable bonds is 3. The summed E-state index contributed by atoms with van der Waals surface area (Å²) >= 11 is 0. The summed E-state index contributed by atoms with van der Waals surface area (Å²) in [7, 11) is 0. The minimum Gasteiger partial charge on any atom is -0.330 e. The smallest absolute Gasteiger partial charge is 0.249 e. The minimum absolute atomic E-state index is 0.0304. The molecular formula is C10H19F2N. The molecule has 1 saturated carbocycles. The summed E-state index contributed by atoms with van der Waals surface area (Å²) in [5.41, 5.74) is 5.22. The summed E-state index contributed by atoms with van der Waals surface area (Å²) in [5.74, 6) is -2.47. The highest BCUT2D eigenvalue weighted by Gasteiger charge is 2.61. The van der Waals surface area contributed by atoms with E-state index in [1.165, 1.54) is 0 Å². The Kier molecular flexibility index (Phi) is 2.44. The molecule has 13 heavy (non-hydrogen) atoms. The molecular weight excluding hydrogens is 172 g/mol. The second kappa shape index (κ2) is 2.91. The maximum atomic E-state index is 12.8. The predicted octanol–water partition coefficient (Wildman–Crippen LogP) is 2.80. The number of halogens is 2. The first-order valence-corrected chi connectivity index (χ1v) is 4.86. The summed E-state index contributed by atoms with van der Waals surface area (Å²) in [5, 5.41) is 0. The van der Waals surface area contributed by atoms with Crippen LogP contribution in [0.1, 0.15) is 40.0 Å². The average molecular weight is 191 g/mol. The minimum atomic E-state index is -2.47. The number of hydrogen-bond donors (Lipinski definition) is 1. The average Bonchev–Trinajstić information content (AvgIpc) is 1.99. The monoisotopic (exact) mass is 191 g/mol. The van der Waals surface area contributed by atoms with Gasteiger partial charge in [0.25, 0.3) is 0 Å². The van der Waals surface area contributed by atoms with Gasteiger partial charge in [0.05, 0.1) is 0 Å². The zero-order valence-electron chi connectivity index (χ0n) is 8.66. The highest BCUT2D eigenvalue weighted by molar-refractivity contribution is 5.06. The molecule has 3 heteroatoms. The standard InChI is InChI=1S/C10H19F2N/c1-4-8(2,3)9(7-13)5-10(11,12)6-9/h4-7,13H2,1-3H3. The van der Waals surface area contributed by atoms with Crippen LogP contribution >= 0.6 is 0 Å². The topological polar surface area (TPSA) is 26.0 Å². The van der Waals surface area contributed by atoms with Gasteiger partial charge in [-0.3, -0.25) is 0 Å². The molecule has 0 atom stereocenters. The zero-order valence-corrected chi connectivity index (χ0v) is 8.66. The summed E-state index contributed by atoms with van der Waals surface area (Å²) in [6.07, 6.45) is 0.842. The second-order valence-corrected chi connectivity index (χ2v) is 4.93. The van der Waals surface area contributed by atoms with E-state index in [1.807, 2.05) is 20.8 Å². The van der Waals surface area contributed by atoms with Crippen molar-refractivity contribution in [2.24, 2.45) is 16.6 Å². The summed E-state index contributed by atoms with van der Waals surface area (Å²) < 4.78 is 25.7. The molecule has 0 saturated heterocycles. The van der Waals surface area contributed by atoms with Crippen molar-refractivity contribution >= 4 is 0 Å². The molecule has 78 valence electrons. The van der Waals surface area contributed by atoms with E-state index >= 15 is 0 Å². The van der Waals surface area contributed by atoms with Gasteiger partial charge < -0.3 is 5.73 Å². The van der Waals surface area contributed by atoms with E-state index < -0.39 is 5.92 Å². The highest BCUT2D eigenvalue weighted by atomic mass is 19.3. The van der Waals surface area contributed by atoms with E-state index in [9.17, 15) is 8.78 Å². The van der Waals surface area contributed by atoms with Crippen molar-refractivity contribution in [3.63, 3.8) is 0 Å². The molecule has 0 spiro atoms. The van der Waals surface area contributed by atoms with E-state index in [4.69, 9.17) is 5.73 Å². The Labute approximate surface area is 78.7 Å². The fourth-order valence-corrected chi connectivity index (χ4v) is 2.21. The molecule has 0 aromatic heterocycles. The molecule has 1 rings (SSSR count). The lowest BCUT2D eigenvalue weighted by atomic mass is 9.52. The Morgan fingerprint density at radius 1 is 1.31 bits per heavy atom. The van der Waals surface area contributed by atoms with E-state index in [0.29, 0.717) is 6.54 Å². The highest BCUT2D eigenvalue weighted by Crippen LogP contribution is 2.61. The lowest BCUT2D eigenvalue weighted by Gasteiger charge is -2.56. The van der Waals surface area contributed by atoms with Crippen LogP contribution in [0.15, 0.2) is 0 Å². The van der Waals surface area contributed by atoms with Crippen molar-refractivity contribution in [3.8, 4) is 0 Å². The molecule has 0 amide bonds. The fraction of sp³-hybridized carbons (Fsp3) is 1.00. The number of hydrogen-bond acceptors (Lipinski definition) is 1. The summed E-state index contributed by atoms with van der Waals surface area (Å²) in [6.45, 7) is 6.49. The molecule has 0 unspecified atom stereocenters. The predicted molar refractivity (Wildman–Crippen MR) is 49.7 cm³/mol.